The number of nitrogens with one attached hydrogen (secondary N) is 3. The van der Waals surface area contributed by atoms with Gasteiger partial charge in [-0.25, -0.2) is 17.7 Å². The van der Waals surface area contributed by atoms with E-state index in [0.29, 0.717) is 38.3 Å². The van der Waals surface area contributed by atoms with Crippen LogP contribution in [0.1, 0.15) is 49.8 Å². The number of carbonyl (C=O) groups excluding carboxylic acids is 1. The van der Waals surface area contributed by atoms with Crippen LogP contribution in [0.3, 0.4) is 0 Å². The molecule has 1 aromatic heterocycles. The van der Waals surface area contributed by atoms with Gasteiger partial charge in [-0.15, -0.1) is 0 Å². The van der Waals surface area contributed by atoms with Gasteiger partial charge in [0.1, 0.15) is 5.82 Å². The number of benzene rings is 2. The minimum Gasteiger partial charge on any atom is -0.340 e. The zero-order chi connectivity index (χ0) is 27.6. The Hall–Kier alpha value is -3.50. The predicted molar refractivity (Wildman–Crippen MR) is 155 cm³/mol. The van der Waals surface area contributed by atoms with Crippen molar-refractivity contribution < 1.29 is 13.2 Å². The molecule has 3 aromatic rings. The number of amides is 1. The molecule has 1 saturated heterocycles. The number of fused-ring (bicyclic) bond motifs is 6. The highest BCUT2D eigenvalue weighted by Gasteiger charge is 2.31. The third kappa shape index (κ3) is 6.39. The Balaban J connectivity index is 1.32. The van der Waals surface area contributed by atoms with Gasteiger partial charge in [0.2, 0.25) is 21.9 Å². The Bertz CT molecular complexity index is 1470. The largest absolute Gasteiger partial charge is 0.340 e. The summed E-state index contributed by atoms with van der Waals surface area (Å²) in [6.45, 7) is 6.33. The smallest absolute Gasteiger partial charge is 0.229 e. The molecule has 3 heterocycles. The lowest BCUT2D eigenvalue weighted by atomic mass is 9.94. The summed E-state index contributed by atoms with van der Waals surface area (Å²) in [4.78, 5) is 22.2. The maximum absolute atomic E-state index is 13.1. The highest BCUT2D eigenvalue weighted by atomic mass is 32.2. The van der Waals surface area contributed by atoms with Gasteiger partial charge < -0.3 is 16.0 Å². The summed E-state index contributed by atoms with van der Waals surface area (Å²) in [7, 11) is -3.25. The number of carbonyl (C=O) groups is 1. The molecule has 0 aliphatic carbocycles. The first kappa shape index (κ1) is 27.1. The number of aromatic nitrogens is 2. The van der Waals surface area contributed by atoms with E-state index in [-0.39, 0.29) is 11.8 Å². The van der Waals surface area contributed by atoms with E-state index in [1.807, 2.05) is 31.2 Å². The number of nitrogens with zero attached hydrogens (tertiary/aromatic N) is 3. The first-order valence-electron chi connectivity index (χ1n) is 13.6. The molecule has 1 amide bonds. The Morgan fingerprint density at radius 1 is 1.08 bits per heavy atom. The molecule has 10 heteroatoms. The molecular formula is C29H36N6O3S. The van der Waals surface area contributed by atoms with Crippen molar-refractivity contribution in [3.63, 3.8) is 0 Å². The van der Waals surface area contributed by atoms with Gasteiger partial charge in [-0.05, 0) is 93.8 Å². The van der Waals surface area contributed by atoms with Crippen LogP contribution in [0, 0.1) is 12.8 Å². The second kappa shape index (κ2) is 11.3. The predicted octanol–water partition coefficient (Wildman–Crippen LogP) is 5.15. The second-order valence-corrected chi connectivity index (χ2v) is 13.2. The van der Waals surface area contributed by atoms with E-state index in [0.717, 1.165) is 46.8 Å². The molecule has 2 aliphatic rings. The molecule has 206 valence electrons. The van der Waals surface area contributed by atoms with Crippen molar-refractivity contribution in [2.45, 2.75) is 58.1 Å². The number of sulfonamides is 1. The van der Waals surface area contributed by atoms with Gasteiger partial charge in [0.25, 0.3) is 0 Å². The monoisotopic (exact) mass is 548 g/mol. The average molecular weight is 549 g/mol. The highest BCUT2D eigenvalue weighted by molar-refractivity contribution is 7.89. The quantitative estimate of drug-likeness (QED) is 0.404. The summed E-state index contributed by atoms with van der Waals surface area (Å²) in [5.41, 5.74) is 5.75. The van der Waals surface area contributed by atoms with Gasteiger partial charge in [0, 0.05) is 48.3 Å². The molecule has 0 unspecified atom stereocenters. The normalized spacial score (nSPS) is 16.3. The topological polar surface area (TPSA) is 116 Å². The van der Waals surface area contributed by atoms with Crippen LogP contribution in [0.4, 0.5) is 28.8 Å². The van der Waals surface area contributed by atoms with Crippen LogP contribution in [-0.2, 0) is 27.7 Å². The maximum atomic E-state index is 13.1. The van der Waals surface area contributed by atoms with E-state index in [1.54, 1.807) is 24.3 Å². The lowest BCUT2D eigenvalue weighted by Gasteiger charge is -2.32. The third-order valence-corrected chi connectivity index (χ3v) is 9.76. The number of hydrogen-bond donors (Lipinski definition) is 3. The Morgan fingerprint density at radius 3 is 2.62 bits per heavy atom. The van der Waals surface area contributed by atoms with Gasteiger partial charge >= 0.3 is 0 Å². The standard InChI is InChI=1S/C29H36N6O3S/c1-19(2)39(37,38)35-13-11-22(12-14-35)16-27(36)33-26-10-9-25-17-23(26)8-7-21-5-4-6-24(15-21)32-29-30-18-20(3)28(31-25)34-29/h4-6,9-10,15,17-19,22H,7-8,11-14,16H2,1-3H3,(H,33,36)(H2,30,31,32,34). The molecule has 0 spiro atoms. The molecule has 5 rings (SSSR count). The van der Waals surface area contributed by atoms with E-state index in [4.69, 9.17) is 0 Å². The number of anilines is 5. The van der Waals surface area contributed by atoms with Crippen molar-refractivity contribution in [1.29, 1.82) is 0 Å². The highest BCUT2D eigenvalue weighted by Crippen LogP contribution is 2.29. The molecule has 1 fully saturated rings. The molecule has 9 nitrogen and oxygen atoms in total. The van der Waals surface area contributed by atoms with Crippen molar-refractivity contribution in [2.75, 3.05) is 29.0 Å². The second-order valence-electron chi connectivity index (χ2n) is 10.7. The number of piperidine rings is 1. The summed E-state index contributed by atoms with van der Waals surface area (Å²) in [6, 6.07) is 14.2. The molecular weight excluding hydrogens is 512 g/mol. The zero-order valence-electron chi connectivity index (χ0n) is 22.7. The van der Waals surface area contributed by atoms with Crippen molar-refractivity contribution in [3.05, 3.63) is 65.4 Å². The minimum absolute atomic E-state index is 0.0393. The maximum Gasteiger partial charge on any atom is 0.229 e. The Labute approximate surface area is 230 Å². The first-order valence-corrected chi connectivity index (χ1v) is 15.1. The SMILES string of the molecule is Cc1cnc2nc1Nc1ccc(NC(=O)CC3CCN(S(=O)(=O)C(C)C)CC3)c(c1)CCc1cccc(c1)N2. The summed E-state index contributed by atoms with van der Waals surface area (Å²) in [6.07, 6.45) is 5.12. The zero-order valence-corrected chi connectivity index (χ0v) is 23.5. The molecule has 2 aromatic carbocycles. The fraction of sp³-hybridized carbons (Fsp3) is 0.414. The lowest BCUT2D eigenvalue weighted by molar-refractivity contribution is -0.117. The van der Waals surface area contributed by atoms with E-state index < -0.39 is 15.3 Å². The molecule has 39 heavy (non-hydrogen) atoms. The summed E-state index contributed by atoms with van der Waals surface area (Å²) in [5, 5.41) is 9.42. The van der Waals surface area contributed by atoms with Gasteiger partial charge in [-0.2, -0.15) is 4.98 Å². The van der Waals surface area contributed by atoms with Crippen LogP contribution in [0.5, 0.6) is 0 Å². The van der Waals surface area contributed by atoms with Gasteiger partial charge in [0.15, 0.2) is 0 Å². The van der Waals surface area contributed by atoms with Gasteiger partial charge in [0.05, 0.1) is 5.25 Å². The van der Waals surface area contributed by atoms with Crippen molar-refractivity contribution >= 4 is 44.8 Å². The number of hydrogen-bond acceptors (Lipinski definition) is 7. The fourth-order valence-corrected chi connectivity index (χ4v) is 6.42. The van der Waals surface area contributed by atoms with Crippen LogP contribution >= 0.6 is 0 Å². The molecule has 6 bridgehead atoms. The Morgan fingerprint density at radius 2 is 1.85 bits per heavy atom. The number of rotatable bonds is 5. The summed E-state index contributed by atoms with van der Waals surface area (Å²) >= 11 is 0. The molecule has 3 N–H and O–H groups in total. The number of aryl methyl sites for hydroxylation is 3. The Kier molecular flexibility index (Phi) is 7.86. The minimum atomic E-state index is -3.25. The molecule has 0 radical (unpaired) electrons. The van der Waals surface area contributed by atoms with E-state index in [2.05, 4.69) is 44.1 Å². The fourth-order valence-electron chi connectivity index (χ4n) is 5.11. The first-order chi connectivity index (χ1) is 18.7. The average Bonchev–Trinajstić information content (AvgIpc) is 2.91. The molecule has 2 aliphatic heterocycles. The van der Waals surface area contributed by atoms with Crippen LogP contribution < -0.4 is 16.0 Å². The van der Waals surface area contributed by atoms with Gasteiger partial charge in [-0.3, -0.25) is 4.79 Å². The third-order valence-electron chi connectivity index (χ3n) is 7.48. The van der Waals surface area contributed by atoms with Gasteiger partial charge in [-0.1, -0.05) is 12.1 Å². The molecule has 0 atom stereocenters. The van der Waals surface area contributed by atoms with E-state index in [1.165, 1.54) is 5.56 Å². The van der Waals surface area contributed by atoms with E-state index in [9.17, 15) is 13.2 Å². The van der Waals surface area contributed by atoms with Crippen LogP contribution in [-0.4, -0.2) is 46.9 Å². The summed E-state index contributed by atoms with van der Waals surface area (Å²) < 4.78 is 26.5. The summed E-state index contributed by atoms with van der Waals surface area (Å²) in [5.74, 6) is 1.37. The van der Waals surface area contributed by atoms with Crippen molar-refractivity contribution in [2.24, 2.45) is 5.92 Å². The molecule has 0 saturated carbocycles. The van der Waals surface area contributed by atoms with E-state index >= 15 is 0 Å². The van der Waals surface area contributed by atoms with Crippen LogP contribution in [0.15, 0.2) is 48.7 Å². The van der Waals surface area contributed by atoms with Crippen LogP contribution in [0.25, 0.3) is 0 Å². The van der Waals surface area contributed by atoms with Crippen molar-refractivity contribution in [1.82, 2.24) is 14.3 Å². The van der Waals surface area contributed by atoms with Crippen molar-refractivity contribution in [3.8, 4) is 0 Å². The van der Waals surface area contributed by atoms with Crippen LogP contribution in [0.2, 0.25) is 0 Å². The lowest BCUT2D eigenvalue weighted by Crippen LogP contribution is -2.42.